The molecule has 1 amide bonds. The van der Waals surface area contributed by atoms with Crippen LogP contribution in [0.3, 0.4) is 0 Å². The van der Waals surface area contributed by atoms with Crippen molar-refractivity contribution in [1.29, 1.82) is 5.26 Å². The van der Waals surface area contributed by atoms with Crippen LogP contribution in [0.2, 0.25) is 0 Å². The van der Waals surface area contributed by atoms with Gasteiger partial charge in [0.2, 0.25) is 0 Å². The van der Waals surface area contributed by atoms with Gasteiger partial charge < -0.3 is 9.47 Å². The molecule has 0 N–H and O–H groups in total. The quantitative estimate of drug-likeness (QED) is 0.738. The molecule has 0 radical (unpaired) electrons. The van der Waals surface area contributed by atoms with Gasteiger partial charge >= 0.3 is 6.09 Å². The van der Waals surface area contributed by atoms with Gasteiger partial charge in [-0.25, -0.2) is 9.18 Å². The maximum atomic E-state index is 13.7. The van der Waals surface area contributed by atoms with Crippen molar-refractivity contribution in [1.82, 2.24) is 4.90 Å². The third kappa shape index (κ3) is 2.47. The highest BCUT2D eigenvalue weighted by molar-refractivity contribution is 5.70. The van der Waals surface area contributed by atoms with E-state index in [9.17, 15) is 9.18 Å². The Morgan fingerprint density at radius 3 is 2.86 bits per heavy atom. The number of amides is 1. The number of halogens is 1. The van der Waals surface area contributed by atoms with Gasteiger partial charge in [0, 0.05) is 12.0 Å². The number of carbonyl (C=O) groups is 1. The van der Waals surface area contributed by atoms with Crippen LogP contribution in [0.15, 0.2) is 12.1 Å². The SMILES string of the molecule is CC(C)(C)OC(=O)N1C[C@@H]2C[C@H]1c1cc(F)cc(C#N)c1O2. The van der Waals surface area contributed by atoms with Crippen LogP contribution in [0.4, 0.5) is 9.18 Å². The molecule has 1 fully saturated rings. The Hall–Kier alpha value is -2.29. The first-order chi connectivity index (χ1) is 10.3. The summed E-state index contributed by atoms with van der Waals surface area (Å²) in [5, 5.41) is 9.14. The lowest BCUT2D eigenvalue weighted by atomic mass is 9.97. The molecule has 116 valence electrons. The molecule has 1 saturated heterocycles. The fourth-order valence-corrected chi connectivity index (χ4v) is 2.94. The molecule has 0 aromatic heterocycles. The zero-order chi connectivity index (χ0) is 16.1. The summed E-state index contributed by atoms with van der Waals surface area (Å²) in [5.41, 5.74) is 0.101. The highest BCUT2D eigenvalue weighted by atomic mass is 19.1. The van der Waals surface area contributed by atoms with Gasteiger partial charge in [-0.2, -0.15) is 5.26 Å². The van der Waals surface area contributed by atoms with Gasteiger partial charge in [0.15, 0.2) is 0 Å². The van der Waals surface area contributed by atoms with Crippen molar-refractivity contribution in [3.8, 4) is 11.8 Å². The minimum Gasteiger partial charge on any atom is -0.487 e. The number of benzene rings is 1. The number of nitriles is 1. The molecule has 0 unspecified atom stereocenters. The highest BCUT2D eigenvalue weighted by Crippen LogP contribution is 2.45. The van der Waals surface area contributed by atoms with Crippen LogP contribution in [0.5, 0.6) is 5.75 Å². The molecule has 22 heavy (non-hydrogen) atoms. The van der Waals surface area contributed by atoms with Gasteiger partial charge in [0.1, 0.15) is 29.3 Å². The van der Waals surface area contributed by atoms with Gasteiger partial charge in [-0.05, 0) is 32.9 Å². The van der Waals surface area contributed by atoms with Gasteiger partial charge in [0.25, 0.3) is 0 Å². The number of ether oxygens (including phenoxy) is 2. The second kappa shape index (κ2) is 4.87. The van der Waals surface area contributed by atoms with E-state index in [1.165, 1.54) is 6.07 Å². The molecule has 0 spiro atoms. The van der Waals surface area contributed by atoms with E-state index in [4.69, 9.17) is 14.7 Å². The standard InChI is InChI=1S/C16H17FN2O3/c1-16(2,3)22-15(20)19-8-11-6-13(19)12-5-10(17)4-9(7-18)14(12)21-11/h4-5,11,13H,6,8H2,1-3H3/t11-,13-/m0/s1. The minimum atomic E-state index is -0.600. The second-order valence-corrected chi connectivity index (χ2v) is 6.61. The maximum Gasteiger partial charge on any atom is 0.410 e. The van der Waals surface area contributed by atoms with Crippen molar-refractivity contribution >= 4 is 6.09 Å². The van der Waals surface area contributed by atoms with Gasteiger partial charge in [-0.15, -0.1) is 0 Å². The van der Waals surface area contributed by atoms with Crippen molar-refractivity contribution in [3.63, 3.8) is 0 Å². The molecule has 2 atom stereocenters. The van der Waals surface area contributed by atoms with E-state index in [-0.39, 0.29) is 17.7 Å². The minimum absolute atomic E-state index is 0.163. The van der Waals surface area contributed by atoms with Gasteiger partial charge in [-0.1, -0.05) is 0 Å². The Morgan fingerprint density at radius 1 is 1.50 bits per heavy atom. The largest absolute Gasteiger partial charge is 0.487 e. The van der Waals surface area contributed by atoms with Crippen LogP contribution in [-0.4, -0.2) is 29.2 Å². The Kier molecular flexibility index (Phi) is 3.24. The van der Waals surface area contributed by atoms with Crippen molar-refractivity contribution in [2.24, 2.45) is 0 Å². The van der Waals surface area contributed by atoms with Gasteiger partial charge in [0.05, 0.1) is 18.2 Å². The number of hydrogen-bond donors (Lipinski definition) is 0. The summed E-state index contributed by atoms with van der Waals surface area (Å²) in [5.74, 6) is -0.121. The van der Waals surface area contributed by atoms with E-state index in [1.54, 1.807) is 25.7 Å². The molecule has 0 saturated carbocycles. The van der Waals surface area contributed by atoms with Crippen molar-refractivity contribution < 1.29 is 18.7 Å². The maximum absolute atomic E-state index is 13.7. The van der Waals surface area contributed by atoms with Crippen LogP contribution < -0.4 is 4.74 Å². The number of nitrogens with zero attached hydrogens (tertiary/aromatic N) is 2. The number of hydrogen-bond acceptors (Lipinski definition) is 4. The molecule has 2 aliphatic rings. The monoisotopic (exact) mass is 304 g/mol. The van der Waals surface area contributed by atoms with Crippen LogP contribution in [-0.2, 0) is 4.74 Å². The summed E-state index contributed by atoms with van der Waals surface area (Å²) < 4.78 is 24.9. The Morgan fingerprint density at radius 2 is 2.23 bits per heavy atom. The van der Waals surface area contributed by atoms with Crippen molar-refractivity contribution in [2.75, 3.05) is 6.54 Å². The van der Waals surface area contributed by atoms with Crippen molar-refractivity contribution in [2.45, 2.75) is 44.9 Å². The summed E-state index contributed by atoms with van der Waals surface area (Å²) in [6.45, 7) is 5.77. The van der Waals surface area contributed by atoms with E-state index in [0.717, 1.165) is 6.07 Å². The molecule has 5 nitrogen and oxygen atoms in total. The zero-order valence-electron chi connectivity index (χ0n) is 12.7. The summed E-state index contributed by atoms with van der Waals surface area (Å²) in [7, 11) is 0. The molecular formula is C16H17FN2O3. The smallest absolute Gasteiger partial charge is 0.410 e. The predicted octanol–water partition coefficient (Wildman–Crippen LogP) is 3.14. The molecule has 1 aromatic rings. The molecule has 2 heterocycles. The highest BCUT2D eigenvalue weighted by Gasteiger charge is 2.45. The fraction of sp³-hybridized carbons (Fsp3) is 0.500. The van der Waals surface area contributed by atoms with E-state index in [2.05, 4.69) is 0 Å². The van der Waals surface area contributed by atoms with Crippen LogP contribution in [0.25, 0.3) is 0 Å². The summed E-state index contributed by atoms with van der Waals surface area (Å²) in [4.78, 5) is 13.9. The van der Waals surface area contributed by atoms with Crippen LogP contribution >= 0.6 is 0 Å². The van der Waals surface area contributed by atoms with E-state index < -0.39 is 17.5 Å². The third-order valence-electron chi connectivity index (χ3n) is 3.74. The van der Waals surface area contributed by atoms with E-state index in [0.29, 0.717) is 24.3 Å². The first kappa shape index (κ1) is 14.6. The molecule has 2 aliphatic heterocycles. The topological polar surface area (TPSA) is 62.6 Å². The van der Waals surface area contributed by atoms with Crippen LogP contribution in [0, 0.1) is 17.1 Å². The third-order valence-corrected chi connectivity index (χ3v) is 3.74. The first-order valence-electron chi connectivity index (χ1n) is 7.18. The van der Waals surface area contributed by atoms with Crippen molar-refractivity contribution in [3.05, 3.63) is 29.1 Å². The number of fused-ring (bicyclic) bond motifs is 4. The number of likely N-dealkylation sites (tertiary alicyclic amines) is 1. The molecule has 3 rings (SSSR count). The average molecular weight is 304 g/mol. The lowest BCUT2D eigenvalue weighted by Gasteiger charge is -2.29. The van der Waals surface area contributed by atoms with Crippen LogP contribution in [0.1, 0.15) is 44.4 Å². The molecule has 0 aliphatic carbocycles. The lowest BCUT2D eigenvalue weighted by molar-refractivity contribution is 0.0222. The summed E-state index contributed by atoms with van der Waals surface area (Å²) in [6, 6.07) is 4.12. The molecule has 1 aromatic carbocycles. The summed E-state index contributed by atoms with van der Waals surface area (Å²) >= 11 is 0. The Bertz CT molecular complexity index is 675. The number of rotatable bonds is 0. The normalized spacial score (nSPS) is 22.6. The molecular weight excluding hydrogens is 287 g/mol. The first-order valence-corrected chi connectivity index (χ1v) is 7.18. The Labute approximate surface area is 128 Å². The molecule has 6 heteroatoms. The number of carbonyl (C=O) groups excluding carboxylic acids is 1. The fourth-order valence-electron chi connectivity index (χ4n) is 2.94. The second-order valence-electron chi connectivity index (χ2n) is 6.61. The summed E-state index contributed by atoms with van der Waals surface area (Å²) in [6.07, 6.45) is -0.0533. The predicted molar refractivity (Wildman–Crippen MR) is 75.8 cm³/mol. The molecule has 2 bridgehead atoms. The van der Waals surface area contributed by atoms with E-state index in [1.807, 2.05) is 6.07 Å². The zero-order valence-corrected chi connectivity index (χ0v) is 12.7. The van der Waals surface area contributed by atoms with E-state index >= 15 is 0 Å². The average Bonchev–Trinajstić information content (AvgIpc) is 2.76. The van der Waals surface area contributed by atoms with Gasteiger partial charge in [-0.3, -0.25) is 4.90 Å². The lowest BCUT2D eigenvalue weighted by Crippen LogP contribution is -2.36. The Balaban J connectivity index is 1.96.